The first-order chi connectivity index (χ1) is 18.1. The SMILES string of the molecule is COC(=O)c1c(N[C@H](C)c2cc(C)cc3c(=O)c(C)c(-c4ccc5[nH]c(C)cc5c4)oc23)cc(C)[nH]c1=O. The molecule has 0 aliphatic carbocycles. The number of nitrogens with one attached hydrogen (secondary N) is 3. The molecule has 0 spiro atoms. The van der Waals surface area contributed by atoms with Gasteiger partial charge in [0, 0.05) is 39.0 Å². The summed E-state index contributed by atoms with van der Waals surface area (Å²) in [6.45, 7) is 9.31. The van der Waals surface area contributed by atoms with E-state index in [-0.39, 0.29) is 11.0 Å². The van der Waals surface area contributed by atoms with Crippen molar-refractivity contribution in [3.8, 4) is 11.3 Å². The fraction of sp³-hybridized carbons (Fsp3) is 0.233. The van der Waals surface area contributed by atoms with Crippen LogP contribution in [0.25, 0.3) is 33.2 Å². The average Bonchev–Trinajstić information content (AvgIpc) is 3.24. The second kappa shape index (κ2) is 9.37. The Labute approximate surface area is 218 Å². The fourth-order valence-electron chi connectivity index (χ4n) is 5.00. The Bertz CT molecular complexity index is 1860. The van der Waals surface area contributed by atoms with Gasteiger partial charge in [-0.1, -0.05) is 6.07 Å². The number of H-pyrrole nitrogens is 2. The molecular formula is C30H29N3O5. The number of esters is 1. The largest absolute Gasteiger partial charge is 0.465 e. The van der Waals surface area contributed by atoms with Gasteiger partial charge in [-0.15, -0.1) is 0 Å². The van der Waals surface area contributed by atoms with Crippen molar-refractivity contribution >= 4 is 33.5 Å². The molecule has 0 radical (unpaired) electrons. The molecule has 0 aliphatic heterocycles. The molecule has 0 bridgehead atoms. The minimum absolute atomic E-state index is 0.106. The maximum absolute atomic E-state index is 13.6. The van der Waals surface area contributed by atoms with Gasteiger partial charge in [0.25, 0.3) is 5.56 Å². The Kier molecular flexibility index (Phi) is 6.18. The van der Waals surface area contributed by atoms with Gasteiger partial charge in [-0.3, -0.25) is 9.59 Å². The van der Waals surface area contributed by atoms with Gasteiger partial charge in [-0.2, -0.15) is 0 Å². The molecular weight excluding hydrogens is 482 g/mol. The van der Waals surface area contributed by atoms with E-state index in [2.05, 4.69) is 21.4 Å². The fourth-order valence-corrected chi connectivity index (χ4v) is 5.00. The lowest BCUT2D eigenvalue weighted by molar-refractivity contribution is 0.0599. The molecule has 3 aromatic heterocycles. The van der Waals surface area contributed by atoms with Crippen molar-refractivity contribution < 1.29 is 13.9 Å². The lowest BCUT2D eigenvalue weighted by atomic mass is 9.98. The van der Waals surface area contributed by atoms with Gasteiger partial charge >= 0.3 is 5.97 Å². The Morgan fingerprint density at radius 1 is 0.974 bits per heavy atom. The van der Waals surface area contributed by atoms with E-state index in [1.54, 1.807) is 19.9 Å². The summed E-state index contributed by atoms with van der Waals surface area (Å²) in [5, 5.41) is 4.78. The van der Waals surface area contributed by atoms with Crippen LogP contribution in [0.5, 0.6) is 0 Å². The van der Waals surface area contributed by atoms with Crippen LogP contribution < -0.4 is 16.3 Å². The molecule has 0 amide bonds. The molecule has 8 nitrogen and oxygen atoms in total. The number of pyridine rings is 1. The topological polar surface area (TPSA) is 117 Å². The van der Waals surface area contributed by atoms with Gasteiger partial charge in [0.1, 0.15) is 16.9 Å². The zero-order valence-electron chi connectivity index (χ0n) is 22.2. The number of hydrogen-bond donors (Lipinski definition) is 3. The molecule has 0 saturated carbocycles. The second-order valence-electron chi connectivity index (χ2n) is 9.80. The third-order valence-electron chi connectivity index (χ3n) is 6.81. The molecule has 3 N–H and O–H groups in total. The van der Waals surface area contributed by atoms with E-state index in [4.69, 9.17) is 9.15 Å². The van der Waals surface area contributed by atoms with E-state index in [0.29, 0.717) is 33.7 Å². The molecule has 1 atom stereocenters. The maximum Gasteiger partial charge on any atom is 0.345 e. The molecule has 0 saturated heterocycles. The number of ether oxygens (including phenoxy) is 1. The third-order valence-corrected chi connectivity index (χ3v) is 6.81. The lowest BCUT2D eigenvalue weighted by Crippen LogP contribution is -2.23. The van der Waals surface area contributed by atoms with Crippen molar-refractivity contribution in [3.05, 3.63) is 96.7 Å². The van der Waals surface area contributed by atoms with Crippen LogP contribution in [-0.2, 0) is 4.74 Å². The zero-order chi connectivity index (χ0) is 27.3. The third kappa shape index (κ3) is 4.28. The molecule has 5 aromatic rings. The molecule has 2 aromatic carbocycles. The second-order valence-corrected chi connectivity index (χ2v) is 9.80. The summed E-state index contributed by atoms with van der Waals surface area (Å²) < 4.78 is 11.3. The van der Waals surface area contributed by atoms with Gasteiger partial charge in [-0.25, -0.2) is 4.79 Å². The minimum atomic E-state index is -0.741. The number of benzene rings is 2. The lowest BCUT2D eigenvalue weighted by Gasteiger charge is -2.20. The van der Waals surface area contributed by atoms with Gasteiger partial charge in [0.15, 0.2) is 5.43 Å². The molecule has 3 heterocycles. The standard InChI is InChI=1S/C30H29N3O5/c1-14-9-21(18(5)33-24-12-16(3)32-29(35)25(24)30(36)37-6)28-22(10-14)26(34)17(4)27(38-28)19-7-8-23-20(13-19)11-15(2)31-23/h7-13,18,31H,1-6H3,(H2,32,33,35)/t18-/m1/s1. The quantitative estimate of drug-likeness (QED) is 0.256. The number of fused-ring (bicyclic) bond motifs is 2. The van der Waals surface area contributed by atoms with Crippen LogP contribution in [0.3, 0.4) is 0 Å². The van der Waals surface area contributed by atoms with Crippen LogP contribution >= 0.6 is 0 Å². The monoisotopic (exact) mass is 511 g/mol. The first-order valence-corrected chi connectivity index (χ1v) is 12.3. The predicted octanol–water partition coefficient (Wildman–Crippen LogP) is 5.82. The normalized spacial score (nSPS) is 12.2. The summed E-state index contributed by atoms with van der Waals surface area (Å²) in [5.74, 6) is -0.238. The van der Waals surface area contributed by atoms with Crippen LogP contribution in [0.4, 0.5) is 5.69 Å². The summed E-state index contributed by atoms with van der Waals surface area (Å²) in [4.78, 5) is 44.5. The Morgan fingerprint density at radius 2 is 1.71 bits per heavy atom. The van der Waals surface area contributed by atoms with Crippen LogP contribution in [0.2, 0.25) is 0 Å². The number of rotatable bonds is 5. The highest BCUT2D eigenvalue weighted by atomic mass is 16.5. The van der Waals surface area contributed by atoms with Crippen LogP contribution in [-0.4, -0.2) is 23.0 Å². The molecule has 194 valence electrons. The number of aromatic nitrogens is 2. The summed E-state index contributed by atoms with van der Waals surface area (Å²) in [5.41, 5.74) is 5.62. The maximum atomic E-state index is 13.6. The summed E-state index contributed by atoms with van der Waals surface area (Å²) in [6.07, 6.45) is 0. The first-order valence-electron chi connectivity index (χ1n) is 12.3. The highest BCUT2D eigenvalue weighted by Gasteiger charge is 2.22. The van der Waals surface area contributed by atoms with Gasteiger partial charge < -0.3 is 24.4 Å². The number of aromatic amines is 2. The van der Waals surface area contributed by atoms with Crippen LogP contribution in [0.15, 0.2) is 56.5 Å². The van der Waals surface area contributed by atoms with Crippen molar-refractivity contribution in [2.45, 2.75) is 40.7 Å². The predicted molar refractivity (Wildman–Crippen MR) is 149 cm³/mol. The van der Waals surface area contributed by atoms with Crippen molar-refractivity contribution in [1.82, 2.24) is 9.97 Å². The smallest absolute Gasteiger partial charge is 0.345 e. The van der Waals surface area contributed by atoms with E-state index in [1.807, 2.05) is 51.1 Å². The molecule has 0 unspecified atom stereocenters. The number of carbonyl (C=O) groups is 1. The Balaban J connectivity index is 1.68. The number of hydrogen-bond acceptors (Lipinski definition) is 6. The number of aryl methyl sites for hydroxylation is 3. The van der Waals surface area contributed by atoms with E-state index in [0.717, 1.165) is 33.3 Å². The zero-order valence-corrected chi connectivity index (χ0v) is 22.2. The molecule has 0 fully saturated rings. The average molecular weight is 512 g/mol. The van der Waals surface area contributed by atoms with Crippen LogP contribution in [0.1, 0.15) is 51.4 Å². The Morgan fingerprint density at radius 3 is 2.45 bits per heavy atom. The first kappa shape index (κ1) is 25.1. The van der Waals surface area contributed by atoms with E-state index < -0.39 is 17.6 Å². The van der Waals surface area contributed by atoms with E-state index in [9.17, 15) is 14.4 Å². The van der Waals surface area contributed by atoms with E-state index >= 15 is 0 Å². The van der Waals surface area contributed by atoms with Crippen molar-refractivity contribution in [1.29, 1.82) is 0 Å². The highest BCUT2D eigenvalue weighted by molar-refractivity contribution is 5.95. The van der Waals surface area contributed by atoms with Crippen molar-refractivity contribution in [2.75, 3.05) is 12.4 Å². The van der Waals surface area contributed by atoms with Crippen LogP contribution in [0, 0.1) is 27.7 Å². The summed E-state index contributed by atoms with van der Waals surface area (Å²) in [6, 6.07) is 13.0. The number of carbonyl (C=O) groups excluding carboxylic acids is 1. The number of methoxy groups -OCH3 is 1. The number of anilines is 1. The molecule has 5 rings (SSSR count). The minimum Gasteiger partial charge on any atom is -0.465 e. The van der Waals surface area contributed by atoms with Crippen molar-refractivity contribution in [3.63, 3.8) is 0 Å². The van der Waals surface area contributed by atoms with E-state index in [1.165, 1.54) is 7.11 Å². The Hall–Kier alpha value is -4.59. The van der Waals surface area contributed by atoms with Gasteiger partial charge in [0.05, 0.1) is 24.2 Å². The summed E-state index contributed by atoms with van der Waals surface area (Å²) >= 11 is 0. The molecule has 38 heavy (non-hydrogen) atoms. The summed E-state index contributed by atoms with van der Waals surface area (Å²) in [7, 11) is 1.23. The van der Waals surface area contributed by atoms with Crippen molar-refractivity contribution in [2.24, 2.45) is 0 Å². The van der Waals surface area contributed by atoms with Gasteiger partial charge in [-0.05, 0) is 76.6 Å². The molecule has 0 aliphatic rings. The van der Waals surface area contributed by atoms with Gasteiger partial charge in [0.2, 0.25) is 0 Å². The highest BCUT2D eigenvalue weighted by Crippen LogP contribution is 2.33. The molecule has 8 heteroatoms.